The number of nitrogens with one attached hydrogen (secondary N) is 1. The van der Waals surface area contributed by atoms with Gasteiger partial charge in [-0.3, -0.25) is 9.69 Å². The lowest BCUT2D eigenvalue weighted by Gasteiger charge is -2.22. The molecular formula is C18H17FN2O3. The molecule has 124 valence electrons. The highest BCUT2D eigenvalue weighted by Crippen LogP contribution is 2.31. The van der Waals surface area contributed by atoms with Crippen molar-refractivity contribution < 1.29 is 18.7 Å². The average molecular weight is 328 g/mol. The van der Waals surface area contributed by atoms with Gasteiger partial charge in [0.15, 0.2) is 0 Å². The molecule has 0 unspecified atom stereocenters. The molecule has 1 aliphatic heterocycles. The molecule has 5 nitrogen and oxygen atoms in total. The molecule has 1 saturated heterocycles. The zero-order chi connectivity index (χ0) is 17.3. The second-order valence-corrected chi connectivity index (χ2v) is 5.77. The van der Waals surface area contributed by atoms with Crippen molar-refractivity contribution in [2.75, 3.05) is 7.11 Å². The Morgan fingerprint density at radius 1 is 1.17 bits per heavy atom. The van der Waals surface area contributed by atoms with Crippen molar-refractivity contribution in [3.05, 3.63) is 65.5 Å². The van der Waals surface area contributed by atoms with Gasteiger partial charge in [0.1, 0.15) is 17.1 Å². The SMILES string of the molecule is COc1cccc([C@@]2(C)NC(=O)N(Cc3ccccc3F)C2=O)c1. The smallest absolute Gasteiger partial charge is 0.325 e. The Morgan fingerprint density at radius 2 is 1.92 bits per heavy atom. The Balaban J connectivity index is 1.92. The van der Waals surface area contributed by atoms with Crippen LogP contribution in [0.15, 0.2) is 48.5 Å². The van der Waals surface area contributed by atoms with Crippen molar-refractivity contribution in [2.24, 2.45) is 0 Å². The fraction of sp³-hybridized carbons (Fsp3) is 0.222. The quantitative estimate of drug-likeness (QED) is 0.878. The highest BCUT2D eigenvalue weighted by atomic mass is 19.1. The van der Waals surface area contributed by atoms with Crippen molar-refractivity contribution >= 4 is 11.9 Å². The van der Waals surface area contributed by atoms with Gasteiger partial charge in [-0.1, -0.05) is 30.3 Å². The Hall–Kier alpha value is -2.89. The monoisotopic (exact) mass is 328 g/mol. The van der Waals surface area contributed by atoms with E-state index in [0.717, 1.165) is 4.90 Å². The normalized spacial score (nSPS) is 20.2. The van der Waals surface area contributed by atoms with E-state index in [9.17, 15) is 14.0 Å². The third kappa shape index (κ3) is 2.60. The lowest BCUT2D eigenvalue weighted by atomic mass is 9.92. The van der Waals surface area contributed by atoms with Crippen LogP contribution < -0.4 is 10.1 Å². The third-order valence-corrected chi connectivity index (χ3v) is 4.21. The van der Waals surface area contributed by atoms with E-state index in [1.165, 1.54) is 13.2 Å². The van der Waals surface area contributed by atoms with Crippen molar-refractivity contribution in [1.82, 2.24) is 10.2 Å². The summed E-state index contributed by atoms with van der Waals surface area (Å²) in [5.41, 5.74) is -0.316. The molecule has 1 N–H and O–H groups in total. The van der Waals surface area contributed by atoms with Crippen LogP contribution in [0.4, 0.5) is 9.18 Å². The fourth-order valence-corrected chi connectivity index (χ4v) is 2.77. The van der Waals surface area contributed by atoms with Crippen LogP contribution >= 0.6 is 0 Å². The maximum atomic E-state index is 13.8. The van der Waals surface area contributed by atoms with Crippen molar-refractivity contribution in [3.8, 4) is 5.75 Å². The Morgan fingerprint density at radius 3 is 2.62 bits per heavy atom. The molecule has 3 amide bonds. The van der Waals surface area contributed by atoms with Gasteiger partial charge >= 0.3 is 6.03 Å². The van der Waals surface area contributed by atoms with E-state index in [-0.39, 0.29) is 12.1 Å². The molecular weight excluding hydrogens is 311 g/mol. The van der Waals surface area contributed by atoms with E-state index in [2.05, 4.69) is 5.32 Å². The van der Waals surface area contributed by atoms with Gasteiger partial charge < -0.3 is 10.1 Å². The molecule has 0 aromatic heterocycles. The molecule has 0 saturated carbocycles. The molecule has 6 heteroatoms. The fourth-order valence-electron chi connectivity index (χ4n) is 2.77. The van der Waals surface area contributed by atoms with Crippen LogP contribution in [0, 0.1) is 5.82 Å². The molecule has 1 heterocycles. The van der Waals surface area contributed by atoms with Gasteiger partial charge in [0.25, 0.3) is 5.91 Å². The molecule has 0 spiro atoms. The first-order valence-electron chi connectivity index (χ1n) is 7.48. The second-order valence-electron chi connectivity index (χ2n) is 5.77. The predicted octanol–water partition coefficient (Wildman–Crippen LogP) is 2.80. The van der Waals surface area contributed by atoms with Gasteiger partial charge in [0.05, 0.1) is 13.7 Å². The maximum absolute atomic E-state index is 13.8. The van der Waals surface area contributed by atoms with Crippen molar-refractivity contribution in [1.29, 1.82) is 0 Å². The number of rotatable bonds is 4. The number of halogens is 1. The molecule has 1 atom stereocenters. The van der Waals surface area contributed by atoms with Crippen LogP contribution in [0.2, 0.25) is 0 Å². The van der Waals surface area contributed by atoms with E-state index >= 15 is 0 Å². The summed E-state index contributed by atoms with van der Waals surface area (Å²) in [6, 6.07) is 12.5. The van der Waals surface area contributed by atoms with Gasteiger partial charge in [-0.2, -0.15) is 0 Å². The number of hydrogen-bond donors (Lipinski definition) is 1. The summed E-state index contributed by atoms with van der Waals surface area (Å²) in [6.45, 7) is 1.51. The number of imide groups is 1. The molecule has 1 fully saturated rings. The maximum Gasteiger partial charge on any atom is 0.325 e. The van der Waals surface area contributed by atoms with E-state index in [0.29, 0.717) is 11.3 Å². The molecule has 2 aromatic carbocycles. The Labute approximate surface area is 139 Å². The molecule has 0 aliphatic carbocycles. The van der Waals surface area contributed by atoms with Crippen LogP contribution in [0.25, 0.3) is 0 Å². The zero-order valence-electron chi connectivity index (χ0n) is 13.4. The topological polar surface area (TPSA) is 58.6 Å². The summed E-state index contributed by atoms with van der Waals surface area (Å²) in [6.07, 6.45) is 0. The number of ether oxygens (including phenoxy) is 1. The van der Waals surface area contributed by atoms with E-state index in [4.69, 9.17) is 4.74 Å². The molecule has 3 rings (SSSR count). The van der Waals surface area contributed by atoms with Crippen LogP contribution in [0.3, 0.4) is 0 Å². The van der Waals surface area contributed by atoms with E-state index in [1.54, 1.807) is 49.4 Å². The van der Waals surface area contributed by atoms with Gasteiger partial charge in [-0.05, 0) is 30.7 Å². The minimum atomic E-state index is -1.21. The first-order valence-corrected chi connectivity index (χ1v) is 7.48. The lowest BCUT2D eigenvalue weighted by Crippen LogP contribution is -2.40. The minimum absolute atomic E-state index is 0.114. The number of carbonyl (C=O) groups is 2. The van der Waals surface area contributed by atoms with Gasteiger partial charge in [0, 0.05) is 5.56 Å². The van der Waals surface area contributed by atoms with Gasteiger partial charge in [-0.15, -0.1) is 0 Å². The van der Waals surface area contributed by atoms with Crippen LogP contribution in [-0.2, 0) is 16.9 Å². The lowest BCUT2D eigenvalue weighted by molar-refractivity contribution is -0.131. The molecule has 0 radical (unpaired) electrons. The largest absolute Gasteiger partial charge is 0.497 e. The highest BCUT2D eigenvalue weighted by Gasteiger charge is 2.49. The molecule has 0 bridgehead atoms. The standard InChI is InChI=1S/C18H17FN2O3/c1-18(13-7-5-8-14(10-13)24-2)16(22)21(17(23)20-18)11-12-6-3-4-9-15(12)19/h3-10H,11H2,1-2H3,(H,20,23)/t18-/m1/s1. The van der Waals surface area contributed by atoms with E-state index < -0.39 is 23.3 Å². The summed E-state index contributed by atoms with van der Waals surface area (Å²) >= 11 is 0. The Bertz CT molecular complexity index is 808. The number of nitrogens with zero attached hydrogens (tertiary/aromatic N) is 1. The summed E-state index contributed by atoms with van der Waals surface area (Å²) in [5, 5.41) is 2.70. The highest BCUT2D eigenvalue weighted by molar-refractivity contribution is 6.07. The number of methoxy groups -OCH3 is 1. The summed E-state index contributed by atoms with van der Waals surface area (Å²) in [4.78, 5) is 26.1. The molecule has 24 heavy (non-hydrogen) atoms. The molecule has 2 aromatic rings. The van der Waals surface area contributed by atoms with Gasteiger partial charge in [-0.25, -0.2) is 9.18 Å². The first-order chi connectivity index (χ1) is 11.5. The molecule has 1 aliphatic rings. The number of urea groups is 1. The minimum Gasteiger partial charge on any atom is -0.497 e. The summed E-state index contributed by atoms with van der Waals surface area (Å²) < 4.78 is 19.0. The second kappa shape index (κ2) is 5.96. The number of hydrogen-bond acceptors (Lipinski definition) is 3. The summed E-state index contributed by atoms with van der Waals surface area (Å²) in [7, 11) is 1.53. The van der Waals surface area contributed by atoms with Crippen LogP contribution in [0.5, 0.6) is 5.75 Å². The number of benzene rings is 2. The summed E-state index contributed by atoms with van der Waals surface area (Å²) in [5.74, 6) is -0.291. The zero-order valence-corrected chi connectivity index (χ0v) is 13.4. The van der Waals surface area contributed by atoms with Crippen LogP contribution in [-0.4, -0.2) is 23.9 Å². The van der Waals surface area contributed by atoms with Gasteiger partial charge in [0.2, 0.25) is 0 Å². The number of amides is 3. The predicted molar refractivity (Wildman–Crippen MR) is 85.8 cm³/mol. The van der Waals surface area contributed by atoms with Crippen LogP contribution in [0.1, 0.15) is 18.1 Å². The van der Waals surface area contributed by atoms with Crippen molar-refractivity contribution in [2.45, 2.75) is 19.0 Å². The van der Waals surface area contributed by atoms with E-state index in [1.807, 2.05) is 0 Å². The third-order valence-electron chi connectivity index (χ3n) is 4.21. The first kappa shape index (κ1) is 16.0. The number of carbonyl (C=O) groups excluding carboxylic acids is 2. The van der Waals surface area contributed by atoms with Crippen molar-refractivity contribution in [3.63, 3.8) is 0 Å². The average Bonchev–Trinajstić information content (AvgIpc) is 2.81. The Kier molecular flexibility index (Phi) is 3.97.